The molecule has 0 amide bonds. The number of aliphatic hydroxyl groups is 1. The van der Waals surface area contributed by atoms with Crippen molar-refractivity contribution in [1.82, 2.24) is 10.2 Å². The minimum absolute atomic E-state index is 0.282. The normalized spacial score (nSPS) is 26.6. The molecule has 6 heteroatoms. The zero-order valence-electron chi connectivity index (χ0n) is 11.9. The second-order valence-electron chi connectivity index (χ2n) is 5.46. The lowest BCUT2D eigenvalue weighted by Gasteiger charge is -2.43. The first-order valence-corrected chi connectivity index (χ1v) is 6.96. The van der Waals surface area contributed by atoms with E-state index in [-0.39, 0.29) is 6.54 Å². The van der Waals surface area contributed by atoms with E-state index in [0.29, 0.717) is 25.2 Å². The third-order valence-electron chi connectivity index (χ3n) is 4.09. The van der Waals surface area contributed by atoms with Gasteiger partial charge < -0.3 is 15.1 Å². The van der Waals surface area contributed by atoms with Gasteiger partial charge in [-0.1, -0.05) is 13.3 Å². The number of carboxylic acid groups (broad SMARTS) is 1. The predicted octanol–water partition coefficient (Wildman–Crippen LogP) is 1.23. The maximum atomic E-state index is 11.6. The molecule has 110 valence electrons. The number of anilines is 1. The maximum Gasteiger partial charge on any atom is 0.312 e. The van der Waals surface area contributed by atoms with Crippen LogP contribution in [-0.2, 0) is 4.79 Å². The highest BCUT2D eigenvalue weighted by molar-refractivity contribution is 5.76. The third kappa shape index (κ3) is 2.60. The van der Waals surface area contributed by atoms with E-state index in [2.05, 4.69) is 10.2 Å². The summed E-state index contributed by atoms with van der Waals surface area (Å²) in [6, 6.07) is 3.71. The van der Waals surface area contributed by atoms with Crippen molar-refractivity contribution in [2.75, 3.05) is 18.0 Å². The van der Waals surface area contributed by atoms with Gasteiger partial charge in [-0.25, -0.2) is 0 Å². The van der Waals surface area contributed by atoms with Crippen molar-refractivity contribution in [3.63, 3.8) is 0 Å². The highest BCUT2D eigenvalue weighted by atomic mass is 16.4. The summed E-state index contributed by atoms with van der Waals surface area (Å²) < 4.78 is 0. The van der Waals surface area contributed by atoms with Gasteiger partial charge in [0.1, 0.15) is 0 Å². The Balaban J connectivity index is 2.15. The third-order valence-corrected chi connectivity index (χ3v) is 4.09. The number of hydrogen-bond acceptors (Lipinski definition) is 5. The minimum atomic E-state index is -1.02. The van der Waals surface area contributed by atoms with E-state index in [1.54, 1.807) is 0 Å². The molecule has 1 saturated heterocycles. The van der Waals surface area contributed by atoms with Crippen molar-refractivity contribution in [2.24, 2.45) is 5.41 Å². The number of aryl methyl sites for hydroxylation is 1. The largest absolute Gasteiger partial charge is 0.481 e. The molecule has 1 aliphatic heterocycles. The number of carboxylic acids is 1. The van der Waals surface area contributed by atoms with Crippen molar-refractivity contribution in [1.29, 1.82) is 0 Å². The van der Waals surface area contributed by atoms with Gasteiger partial charge in [0.15, 0.2) is 5.82 Å². The van der Waals surface area contributed by atoms with Crippen LogP contribution >= 0.6 is 0 Å². The Morgan fingerprint density at radius 1 is 1.50 bits per heavy atom. The number of carbonyl (C=O) groups is 1. The first-order valence-electron chi connectivity index (χ1n) is 6.96. The Labute approximate surface area is 118 Å². The number of piperidine rings is 1. The Morgan fingerprint density at radius 3 is 2.75 bits per heavy atom. The van der Waals surface area contributed by atoms with E-state index in [9.17, 15) is 15.0 Å². The monoisotopic (exact) mass is 279 g/mol. The molecule has 20 heavy (non-hydrogen) atoms. The first-order chi connectivity index (χ1) is 9.49. The van der Waals surface area contributed by atoms with Gasteiger partial charge >= 0.3 is 5.97 Å². The molecule has 2 atom stereocenters. The van der Waals surface area contributed by atoms with Gasteiger partial charge in [0, 0.05) is 13.1 Å². The van der Waals surface area contributed by atoms with Crippen LogP contribution in [0.3, 0.4) is 0 Å². The van der Waals surface area contributed by atoms with E-state index in [1.165, 1.54) is 0 Å². The first kappa shape index (κ1) is 14.7. The average Bonchev–Trinajstić information content (AvgIpc) is 2.42. The number of hydrogen-bond donors (Lipinski definition) is 2. The second-order valence-corrected chi connectivity index (χ2v) is 5.46. The molecule has 1 fully saturated rings. The molecule has 2 rings (SSSR count). The summed E-state index contributed by atoms with van der Waals surface area (Å²) >= 11 is 0. The van der Waals surface area contributed by atoms with Gasteiger partial charge in [0.2, 0.25) is 0 Å². The summed E-state index contributed by atoms with van der Waals surface area (Å²) in [6.07, 6.45) is 0.772. The molecule has 0 radical (unpaired) electrons. The molecule has 0 aromatic carbocycles. The summed E-state index contributed by atoms with van der Waals surface area (Å²) in [5.74, 6) is -0.216. The number of rotatable bonds is 4. The molecule has 2 N–H and O–H groups in total. The molecule has 0 bridgehead atoms. The lowest BCUT2D eigenvalue weighted by molar-refractivity contribution is -0.159. The Bertz CT molecular complexity index is 477. The van der Waals surface area contributed by atoms with Gasteiger partial charge in [-0.15, -0.1) is 5.10 Å². The zero-order valence-corrected chi connectivity index (χ0v) is 11.9. The average molecular weight is 279 g/mol. The lowest BCUT2D eigenvalue weighted by atomic mass is 9.73. The van der Waals surface area contributed by atoms with Crippen molar-refractivity contribution in [2.45, 2.75) is 39.2 Å². The molecular formula is C14H21N3O3. The van der Waals surface area contributed by atoms with E-state index >= 15 is 0 Å². The summed E-state index contributed by atoms with van der Waals surface area (Å²) in [6.45, 7) is 4.65. The number of nitrogens with zero attached hydrogens (tertiary/aromatic N) is 3. The van der Waals surface area contributed by atoms with Crippen LogP contribution in [0.1, 0.15) is 31.9 Å². The molecule has 2 heterocycles. The molecule has 0 aliphatic carbocycles. The molecule has 1 aliphatic rings. The van der Waals surface area contributed by atoms with Crippen LogP contribution in [0.2, 0.25) is 0 Å². The number of aromatic nitrogens is 2. The van der Waals surface area contributed by atoms with Crippen LogP contribution in [0.5, 0.6) is 0 Å². The Hall–Kier alpha value is -1.69. The fraction of sp³-hybridized carbons (Fsp3) is 0.643. The maximum absolute atomic E-state index is 11.6. The molecule has 6 nitrogen and oxygen atoms in total. The van der Waals surface area contributed by atoms with Crippen LogP contribution in [-0.4, -0.2) is 45.6 Å². The van der Waals surface area contributed by atoms with E-state index in [1.807, 2.05) is 30.9 Å². The van der Waals surface area contributed by atoms with Crippen molar-refractivity contribution >= 4 is 11.8 Å². The summed E-state index contributed by atoms with van der Waals surface area (Å²) in [5, 5.41) is 27.9. The van der Waals surface area contributed by atoms with Crippen LogP contribution in [0, 0.1) is 12.3 Å². The van der Waals surface area contributed by atoms with Gasteiger partial charge in [-0.2, -0.15) is 5.10 Å². The highest BCUT2D eigenvalue weighted by Crippen LogP contribution is 2.37. The summed E-state index contributed by atoms with van der Waals surface area (Å²) in [5.41, 5.74) is -0.194. The van der Waals surface area contributed by atoms with Crippen LogP contribution < -0.4 is 4.90 Å². The highest BCUT2D eigenvalue weighted by Gasteiger charge is 2.48. The Morgan fingerprint density at radius 2 is 2.25 bits per heavy atom. The van der Waals surface area contributed by atoms with Crippen LogP contribution in [0.15, 0.2) is 12.1 Å². The summed E-state index contributed by atoms with van der Waals surface area (Å²) in [4.78, 5) is 13.5. The lowest BCUT2D eigenvalue weighted by Crippen LogP contribution is -2.55. The SMILES string of the molecule is CCC[C@]1(C(=O)O)CCN(c2ccc(C)nn2)C[C@@H]1O. The topological polar surface area (TPSA) is 86.5 Å². The van der Waals surface area contributed by atoms with Gasteiger partial charge in [0.05, 0.1) is 17.2 Å². The second kappa shape index (κ2) is 5.75. The van der Waals surface area contributed by atoms with Crippen LogP contribution in [0.25, 0.3) is 0 Å². The molecule has 1 aromatic rings. The molecule has 0 spiro atoms. The smallest absolute Gasteiger partial charge is 0.312 e. The fourth-order valence-corrected chi connectivity index (χ4v) is 2.84. The number of aliphatic hydroxyl groups excluding tert-OH is 1. The molecule has 0 unspecified atom stereocenters. The van der Waals surface area contributed by atoms with Crippen LogP contribution in [0.4, 0.5) is 5.82 Å². The predicted molar refractivity (Wildman–Crippen MR) is 74.6 cm³/mol. The van der Waals surface area contributed by atoms with E-state index in [0.717, 1.165) is 12.1 Å². The Kier molecular flexibility index (Phi) is 4.23. The fourth-order valence-electron chi connectivity index (χ4n) is 2.84. The van der Waals surface area contributed by atoms with Crippen molar-refractivity contribution in [3.05, 3.63) is 17.8 Å². The van der Waals surface area contributed by atoms with E-state index < -0.39 is 17.5 Å². The van der Waals surface area contributed by atoms with Crippen molar-refractivity contribution < 1.29 is 15.0 Å². The number of aliphatic carboxylic acids is 1. The van der Waals surface area contributed by atoms with E-state index in [4.69, 9.17) is 0 Å². The standard InChI is InChI=1S/C14H21N3O3/c1-3-6-14(13(19)20)7-8-17(9-11(14)18)12-5-4-10(2)15-16-12/h4-5,11,18H,3,6-9H2,1-2H3,(H,19,20)/t11-,14-/m0/s1. The zero-order chi connectivity index (χ0) is 14.8. The van der Waals surface area contributed by atoms with Gasteiger partial charge in [-0.05, 0) is 31.9 Å². The quantitative estimate of drug-likeness (QED) is 0.862. The molecular weight excluding hydrogens is 258 g/mol. The van der Waals surface area contributed by atoms with Crippen molar-refractivity contribution in [3.8, 4) is 0 Å². The number of β-amino-alcohol motifs (C(OH)–C–C–N with tert-alkyl or cyclic N) is 1. The van der Waals surface area contributed by atoms with Gasteiger partial charge in [-0.3, -0.25) is 4.79 Å². The van der Waals surface area contributed by atoms with Gasteiger partial charge in [0.25, 0.3) is 0 Å². The summed E-state index contributed by atoms with van der Waals surface area (Å²) in [7, 11) is 0. The molecule has 0 saturated carbocycles. The molecule has 1 aromatic heterocycles. The minimum Gasteiger partial charge on any atom is -0.481 e.